The minimum Gasteiger partial charge on any atom is -0.482 e. The number of benzene rings is 1. The van der Waals surface area contributed by atoms with Crippen molar-refractivity contribution in [3.8, 4) is 5.75 Å². The van der Waals surface area contributed by atoms with Gasteiger partial charge in [-0.1, -0.05) is 0 Å². The fourth-order valence-electron chi connectivity index (χ4n) is 3.38. The number of rotatable bonds is 7. The molecule has 0 atom stereocenters. The van der Waals surface area contributed by atoms with Crippen molar-refractivity contribution < 1.29 is 28.3 Å². The van der Waals surface area contributed by atoms with E-state index in [4.69, 9.17) is 19.6 Å². The molecule has 0 saturated carbocycles. The normalized spacial score (nSPS) is 12.4. The van der Waals surface area contributed by atoms with Gasteiger partial charge in [0.25, 0.3) is 11.8 Å². The Morgan fingerprint density at radius 1 is 1.13 bits per heavy atom. The molecule has 3 aromatic rings. The van der Waals surface area contributed by atoms with Crippen LogP contribution in [0.1, 0.15) is 27.2 Å². The SMILES string of the molecule is NC(=O)c1c(NC(=O)COC(=O)COc2ccc3ccc(=O)oc3c2)sc2c1CCC2. The molecule has 31 heavy (non-hydrogen) atoms. The number of carbonyl (C=O) groups is 3. The Balaban J connectivity index is 1.30. The van der Waals surface area contributed by atoms with Gasteiger partial charge in [-0.25, -0.2) is 9.59 Å². The fraction of sp³-hybridized carbons (Fsp3) is 0.238. The standard InChI is InChI=1S/C21H18N2O7S/c22-20(27)19-13-2-1-3-15(13)31-21(19)23-16(24)9-29-18(26)10-28-12-6-4-11-5-7-17(25)30-14(11)8-12/h4-8H,1-3,9-10H2,(H2,22,27)(H,23,24). The second kappa shape index (κ2) is 8.60. The summed E-state index contributed by atoms with van der Waals surface area (Å²) >= 11 is 1.32. The predicted octanol–water partition coefficient (Wildman–Crippen LogP) is 2.00. The van der Waals surface area contributed by atoms with Crippen molar-refractivity contribution in [2.45, 2.75) is 19.3 Å². The molecule has 1 aliphatic carbocycles. The molecule has 9 nitrogen and oxygen atoms in total. The van der Waals surface area contributed by atoms with Crippen LogP contribution in [0.15, 0.2) is 39.5 Å². The molecule has 2 amide bonds. The largest absolute Gasteiger partial charge is 0.482 e. The summed E-state index contributed by atoms with van der Waals surface area (Å²) in [4.78, 5) is 48.2. The van der Waals surface area contributed by atoms with Crippen molar-refractivity contribution in [2.24, 2.45) is 5.73 Å². The molecule has 1 aliphatic rings. The van der Waals surface area contributed by atoms with Crippen LogP contribution in [0.4, 0.5) is 5.00 Å². The minimum absolute atomic E-state index is 0.308. The zero-order valence-corrected chi connectivity index (χ0v) is 17.1. The van der Waals surface area contributed by atoms with Gasteiger partial charge in [0.1, 0.15) is 16.3 Å². The van der Waals surface area contributed by atoms with Crippen LogP contribution in [0.2, 0.25) is 0 Å². The maximum atomic E-state index is 12.2. The van der Waals surface area contributed by atoms with Crippen LogP contribution in [0.25, 0.3) is 11.0 Å². The van der Waals surface area contributed by atoms with Gasteiger partial charge in [-0.2, -0.15) is 0 Å². The number of ether oxygens (including phenoxy) is 2. The molecule has 10 heteroatoms. The van der Waals surface area contributed by atoms with E-state index in [0.717, 1.165) is 29.7 Å². The number of nitrogens with two attached hydrogens (primary N) is 1. The first-order valence-corrected chi connectivity index (χ1v) is 10.3. The number of aryl methyl sites for hydroxylation is 1. The summed E-state index contributed by atoms with van der Waals surface area (Å²) in [6.45, 7) is -0.967. The second-order valence-electron chi connectivity index (χ2n) is 6.88. The molecule has 0 fully saturated rings. The summed E-state index contributed by atoms with van der Waals surface area (Å²) in [5.41, 5.74) is 6.52. The van der Waals surface area contributed by atoms with E-state index in [1.165, 1.54) is 23.5 Å². The van der Waals surface area contributed by atoms with Crippen molar-refractivity contribution in [2.75, 3.05) is 18.5 Å². The number of carbonyl (C=O) groups excluding carboxylic acids is 3. The molecule has 2 aromatic heterocycles. The zero-order chi connectivity index (χ0) is 22.0. The first-order chi connectivity index (χ1) is 14.9. The molecular weight excluding hydrogens is 424 g/mol. The van der Waals surface area contributed by atoms with E-state index in [-0.39, 0.29) is 0 Å². The van der Waals surface area contributed by atoms with Gasteiger partial charge in [0.05, 0.1) is 5.56 Å². The lowest BCUT2D eigenvalue weighted by Gasteiger charge is -2.08. The third-order valence-corrected chi connectivity index (χ3v) is 5.94. The smallest absolute Gasteiger partial charge is 0.344 e. The van der Waals surface area contributed by atoms with Crippen LogP contribution in [-0.4, -0.2) is 31.0 Å². The van der Waals surface area contributed by atoms with Gasteiger partial charge in [0, 0.05) is 22.4 Å². The topological polar surface area (TPSA) is 138 Å². The van der Waals surface area contributed by atoms with Crippen LogP contribution < -0.4 is 21.4 Å². The molecule has 0 unspecified atom stereocenters. The molecule has 3 N–H and O–H groups in total. The van der Waals surface area contributed by atoms with Crippen molar-refractivity contribution in [1.29, 1.82) is 0 Å². The van der Waals surface area contributed by atoms with Crippen molar-refractivity contribution in [3.63, 3.8) is 0 Å². The van der Waals surface area contributed by atoms with Crippen LogP contribution in [0, 0.1) is 0 Å². The number of primary amides is 1. The number of hydrogen-bond acceptors (Lipinski definition) is 8. The Morgan fingerprint density at radius 3 is 2.74 bits per heavy atom. The van der Waals surface area contributed by atoms with Gasteiger partial charge in [-0.05, 0) is 43.0 Å². The van der Waals surface area contributed by atoms with E-state index in [1.807, 2.05) is 0 Å². The summed E-state index contributed by atoms with van der Waals surface area (Å²) in [6, 6.07) is 7.70. The van der Waals surface area contributed by atoms with Crippen LogP contribution >= 0.6 is 11.3 Å². The van der Waals surface area contributed by atoms with Gasteiger partial charge in [0.15, 0.2) is 13.2 Å². The third-order valence-electron chi connectivity index (χ3n) is 4.74. The van der Waals surface area contributed by atoms with E-state index < -0.39 is 36.6 Å². The quantitative estimate of drug-likeness (QED) is 0.422. The van der Waals surface area contributed by atoms with Crippen LogP contribution in [0.3, 0.4) is 0 Å². The summed E-state index contributed by atoms with van der Waals surface area (Å²) in [5, 5.41) is 3.69. The third kappa shape index (κ3) is 4.58. The Hall–Kier alpha value is -3.66. The average Bonchev–Trinajstić information content (AvgIpc) is 3.30. The van der Waals surface area contributed by atoms with Crippen molar-refractivity contribution in [3.05, 3.63) is 56.8 Å². The van der Waals surface area contributed by atoms with Crippen molar-refractivity contribution in [1.82, 2.24) is 0 Å². The Morgan fingerprint density at radius 2 is 1.94 bits per heavy atom. The first kappa shape index (κ1) is 20.6. The predicted molar refractivity (Wildman–Crippen MR) is 112 cm³/mol. The van der Waals surface area contributed by atoms with E-state index in [0.29, 0.717) is 27.3 Å². The number of amides is 2. The Kier molecular flexibility index (Phi) is 5.72. The summed E-state index contributed by atoms with van der Waals surface area (Å²) in [5.74, 6) is -1.62. The molecule has 0 bridgehead atoms. The van der Waals surface area contributed by atoms with Gasteiger partial charge in [0.2, 0.25) is 0 Å². The lowest BCUT2D eigenvalue weighted by molar-refractivity contribution is -0.149. The lowest BCUT2D eigenvalue weighted by atomic mass is 10.1. The molecule has 160 valence electrons. The monoisotopic (exact) mass is 442 g/mol. The Labute approximate surface area is 179 Å². The Bertz CT molecular complexity index is 1240. The molecule has 0 aliphatic heterocycles. The molecule has 0 spiro atoms. The first-order valence-electron chi connectivity index (χ1n) is 9.47. The molecule has 2 heterocycles. The number of nitrogens with one attached hydrogen (secondary N) is 1. The second-order valence-corrected chi connectivity index (χ2v) is 7.98. The van der Waals surface area contributed by atoms with Gasteiger partial charge >= 0.3 is 11.6 Å². The van der Waals surface area contributed by atoms with Crippen molar-refractivity contribution >= 4 is 45.1 Å². The average molecular weight is 442 g/mol. The number of fused-ring (bicyclic) bond motifs is 2. The van der Waals surface area contributed by atoms with Crippen LogP contribution in [-0.2, 0) is 27.2 Å². The van der Waals surface area contributed by atoms with E-state index in [2.05, 4.69) is 5.32 Å². The molecular formula is C21H18N2O7S. The molecule has 4 rings (SSSR count). The number of anilines is 1. The van der Waals surface area contributed by atoms with E-state index in [1.54, 1.807) is 18.2 Å². The highest BCUT2D eigenvalue weighted by atomic mass is 32.1. The maximum absolute atomic E-state index is 12.2. The van der Waals surface area contributed by atoms with Crippen LogP contribution in [0.5, 0.6) is 5.75 Å². The number of esters is 1. The molecule has 1 aromatic carbocycles. The number of thiophene rings is 1. The zero-order valence-electron chi connectivity index (χ0n) is 16.3. The highest BCUT2D eigenvalue weighted by Gasteiger charge is 2.26. The van der Waals surface area contributed by atoms with Gasteiger partial charge < -0.3 is 24.9 Å². The summed E-state index contributed by atoms with van der Waals surface area (Å²) in [7, 11) is 0. The number of hydrogen-bond donors (Lipinski definition) is 2. The maximum Gasteiger partial charge on any atom is 0.344 e. The highest BCUT2D eigenvalue weighted by molar-refractivity contribution is 7.17. The van der Waals surface area contributed by atoms with E-state index in [9.17, 15) is 19.2 Å². The van der Waals surface area contributed by atoms with Gasteiger partial charge in [-0.15, -0.1) is 11.3 Å². The highest BCUT2D eigenvalue weighted by Crippen LogP contribution is 2.38. The minimum atomic E-state index is -0.756. The lowest BCUT2D eigenvalue weighted by Crippen LogP contribution is -2.24. The fourth-order valence-corrected chi connectivity index (χ4v) is 4.69. The summed E-state index contributed by atoms with van der Waals surface area (Å²) in [6.07, 6.45) is 2.56. The molecule has 0 radical (unpaired) electrons. The summed E-state index contributed by atoms with van der Waals surface area (Å²) < 4.78 is 15.3. The van der Waals surface area contributed by atoms with E-state index >= 15 is 0 Å². The molecule has 0 saturated heterocycles. The van der Waals surface area contributed by atoms with Gasteiger partial charge in [-0.3, -0.25) is 9.59 Å².